The van der Waals surface area contributed by atoms with Crippen molar-refractivity contribution in [3.05, 3.63) is 6.33 Å². The average molecular weight is 289 g/mol. The zero-order valence-electron chi connectivity index (χ0n) is 13.0. The number of hydrogen-bond acceptors (Lipinski definition) is 5. The fourth-order valence-electron chi connectivity index (χ4n) is 3.58. The monoisotopic (exact) mass is 289 g/mol. The van der Waals surface area contributed by atoms with E-state index >= 15 is 0 Å². The lowest BCUT2D eigenvalue weighted by molar-refractivity contribution is 0.444. The largest absolute Gasteiger partial charge is 0.393 e. The summed E-state index contributed by atoms with van der Waals surface area (Å²) in [4.78, 5) is 11.1. The second-order valence-electron chi connectivity index (χ2n) is 6.63. The molecule has 1 saturated carbocycles. The molecule has 2 fully saturated rings. The molecule has 1 aliphatic heterocycles. The maximum Gasteiger partial charge on any atom is 0.157 e. The van der Waals surface area contributed by atoms with Crippen LogP contribution in [-0.2, 0) is 0 Å². The van der Waals surface area contributed by atoms with E-state index < -0.39 is 0 Å². The molecule has 0 bridgehead atoms. The Morgan fingerprint density at radius 2 is 1.95 bits per heavy atom. The summed E-state index contributed by atoms with van der Waals surface area (Å²) in [6.07, 6.45) is 10.6. The summed E-state index contributed by atoms with van der Waals surface area (Å²) in [5.74, 6) is 2.45. The van der Waals surface area contributed by atoms with Crippen molar-refractivity contribution in [3.63, 3.8) is 0 Å². The van der Waals surface area contributed by atoms with Crippen LogP contribution in [0, 0.1) is 5.92 Å². The molecule has 1 saturated heterocycles. The van der Waals surface area contributed by atoms with Gasteiger partial charge in [-0.1, -0.05) is 26.2 Å². The van der Waals surface area contributed by atoms with Crippen LogP contribution in [0.5, 0.6) is 0 Å². The van der Waals surface area contributed by atoms with Crippen molar-refractivity contribution in [2.24, 2.45) is 5.92 Å². The van der Waals surface area contributed by atoms with Gasteiger partial charge in [-0.2, -0.15) is 0 Å². The minimum absolute atomic E-state index is 0.518. The van der Waals surface area contributed by atoms with Crippen molar-refractivity contribution >= 4 is 17.3 Å². The van der Waals surface area contributed by atoms with Gasteiger partial charge >= 0.3 is 0 Å². The van der Waals surface area contributed by atoms with Crippen LogP contribution in [-0.4, -0.2) is 29.1 Å². The van der Waals surface area contributed by atoms with E-state index in [0.717, 1.165) is 30.4 Å². The molecular weight excluding hydrogens is 262 g/mol. The highest BCUT2D eigenvalue weighted by molar-refractivity contribution is 5.75. The number of rotatable bonds is 3. The Kier molecular flexibility index (Phi) is 4.46. The molecule has 5 heteroatoms. The molecule has 21 heavy (non-hydrogen) atoms. The molecule has 0 aromatic carbocycles. The highest BCUT2D eigenvalue weighted by atomic mass is 15.2. The lowest BCUT2D eigenvalue weighted by Gasteiger charge is -2.33. The Hall–Kier alpha value is -1.52. The zero-order valence-corrected chi connectivity index (χ0v) is 13.0. The van der Waals surface area contributed by atoms with Crippen molar-refractivity contribution in [3.8, 4) is 0 Å². The molecular formula is C16H27N5. The molecule has 2 aliphatic rings. The van der Waals surface area contributed by atoms with Crippen LogP contribution in [0.1, 0.15) is 51.9 Å². The third kappa shape index (κ3) is 3.39. The minimum Gasteiger partial charge on any atom is -0.393 e. The fourth-order valence-corrected chi connectivity index (χ4v) is 3.58. The molecule has 5 nitrogen and oxygen atoms in total. The van der Waals surface area contributed by atoms with Crippen molar-refractivity contribution in [2.75, 3.05) is 29.0 Å². The average Bonchev–Trinajstić information content (AvgIpc) is 2.50. The van der Waals surface area contributed by atoms with Crippen LogP contribution in [0.2, 0.25) is 0 Å². The Morgan fingerprint density at radius 1 is 1.14 bits per heavy atom. The first-order chi connectivity index (χ1) is 10.2. The second-order valence-corrected chi connectivity index (χ2v) is 6.63. The Labute approximate surface area is 127 Å². The van der Waals surface area contributed by atoms with E-state index in [1.807, 2.05) is 0 Å². The van der Waals surface area contributed by atoms with Gasteiger partial charge in [0.2, 0.25) is 0 Å². The molecule has 0 radical (unpaired) electrons. The summed E-state index contributed by atoms with van der Waals surface area (Å²) < 4.78 is 0. The molecule has 1 unspecified atom stereocenters. The van der Waals surface area contributed by atoms with Crippen molar-refractivity contribution in [2.45, 2.75) is 57.9 Å². The van der Waals surface area contributed by atoms with Crippen LogP contribution in [0.4, 0.5) is 17.3 Å². The van der Waals surface area contributed by atoms with Gasteiger partial charge in [-0.05, 0) is 31.6 Å². The third-order valence-electron chi connectivity index (χ3n) is 4.77. The zero-order chi connectivity index (χ0) is 14.7. The molecule has 1 aromatic heterocycles. The number of anilines is 3. The third-order valence-corrected chi connectivity index (χ3v) is 4.77. The van der Waals surface area contributed by atoms with Crippen LogP contribution >= 0.6 is 0 Å². The topological polar surface area (TPSA) is 67.1 Å². The number of nitrogens with zero attached hydrogens (tertiary/aromatic N) is 3. The smallest absolute Gasteiger partial charge is 0.157 e. The minimum atomic E-state index is 0.518. The van der Waals surface area contributed by atoms with E-state index in [0.29, 0.717) is 12.0 Å². The summed E-state index contributed by atoms with van der Waals surface area (Å²) in [7, 11) is 0. The maximum absolute atomic E-state index is 6.35. The van der Waals surface area contributed by atoms with Gasteiger partial charge in [0.05, 0.1) is 0 Å². The van der Waals surface area contributed by atoms with Crippen molar-refractivity contribution in [1.82, 2.24) is 9.97 Å². The summed E-state index contributed by atoms with van der Waals surface area (Å²) in [5, 5.41) is 3.54. The second kappa shape index (κ2) is 6.50. The Balaban J connectivity index is 1.74. The summed E-state index contributed by atoms with van der Waals surface area (Å²) in [5.41, 5.74) is 7.07. The van der Waals surface area contributed by atoms with E-state index in [1.165, 1.54) is 44.9 Å². The van der Waals surface area contributed by atoms with Crippen molar-refractivity contribution in [1.29, 1.82) is 0 Å². The summed E-state index contributed by atoms with van der Waals surface area (Å²) in [6.45, 7) is 4.39. The van der Waals surface area contributed by atoms with E-state index in [2.05, 4.69) is 27.1 Å². The van der Waals surface area contributed by atoms with Gasteiger partial charge in [0.15, 0.2) is 11.6 Å². The maximum atomic E-state index is 6.35. The van der Waals surface area contributed by atoms with E-state index in [-0.39, 0.29) is 0 Å². The van der Waals surface area contributed by atoms with E-state index in [4.69, 9.17) is 5.73 Å². The van der Waals surface area contributed by atoms with Gasteiger partial charge in [-0.15, -0.1) is 0 Å². The van der Waals surface area contributed by atoms with Gasteiger partial charge in [-0.3, -0.25) is 0 Å². The first-order valence-electron chi connectivity index (χ1n) is 8.36. The van der Waals surface area contributed by atoms with Gasteiger partial charge in [0.25, 0.3) is 0 Å². The SMILES string of the molecule is CC1CCCN(c2ncnc(NC3CCCCC3)c2N)C1. The molecule has 1 atom stereocenters. The normalized spacial score (nSPS) is 24.0. The molecule has 1 aromatic rings. The molecule has 0 amide bonds. The quantitative estimate of drug-likeness (QED) is 0.895. The van der Waals surface area contributed by atoms with Crippen LogP contribution in [0.15, 0.2) is 6.33 Å². The van der Waals surface area contributed by atoms with Gasteiger partial charge < -0.3 is 16.0 Å². The summed E-state index contributed by atoms with van der Waals surface area (Å²) >= 11 is 0. The Morgan fingerprint density at radius 3 is 2.71 bits per heavy atom. The molecule has 3 N–H and O–H groups in total. The number of nitrogen functional groups attached to an aromatic ring is 1. The molecule has 116 valence electrons. The Bertz CT molecular complexity index is 470. The first-order valence-corrected chi connectivity index (χ1v) is 8.36. The van der Waals surface area contributed by atoms with Crippen LogP contribution < -0.4 is 16.0 Å². The number of aromatic nitrogens is 2. The van der Waals surface area contributed by atoms with Gasteiger partial charge in [0, 0.05) is 19.1 Å². The van der Waals surface area contributed by atoms with Crippen LogP contribution in [0.3, 0.4) is 0 Å². The number of nitrogens with one attached hydrogen (secondary N) is 1. The predicted molar refractivity (Wildman–Crippen MR) is 87.6 cm³/mol. The molecule has 1 aliphatic carbocycles. The van der Waals surface area contributed by atoms with E-state index in [9.17, 15) is 0 Å². The molecule has 2 heterocycles. The van der Waals surface area contributed by atoms with Crippen LogP contribution in [0.25, 0.3) is 0 Å². The number of piperidine rings is 1. The van der Waals surface area contributed by atoms with E-state index in [1.54, 1.807) is 6.33 Å². The standard InChI is InChI=1S/C16H27N5/c1-12-6-5-9-21(10-12)16-14(17)15(18-11-19-16)20-13-7-3-2-4-8-13/h11-13H,2-10,17H2,1H3,(H,18,19,20). The molecule has 3 rings (SSSR count). The molecule has 0 spiro atoms. The lowest BCUT2D eigenvalue weighted by Crippen LogP contribution is -2.35. The summed E-state index contributed by atoms with van der Waals surface area (Å²) in [6, 6.07) is 0.518. The van der Waals surface area contributed by atoms with Gasteiger partial charge in [-0.25, -0.2) is 9.97 Å². The number of hydrogen-bond donors (Lipinski definition) is 2. The lowest BCUT2D eigenvalue weighted by atomic mass is 9.95. The first kappa shape index (κ1) is 14.4. The van der Waals surface area contributed by atoms with Crippen molar-refractivity contribution < 1.29 is 0 Å². The predicted octanol–water partition coefficient (Wildman–Crippen LogP) is 3.04. The highest BCUT2D eigenvalue weighted by Gasteiger charge is 2.22. The number of nitrogens with two attached hydrogens (primary N) is 1. The highest BCUT2D eigenvalue weighted by Crippen LogP contribution is 2.31. The van der Waals surface area contributed by atoms with Gasteiger partial charge in [0.1, 0.15) is 12.0 Å². The fraction of sp³-hybridized carbons (Fsp3) is 0.750.